The first-order valence-electron chi connectivity index (χ1n) is 6.13. The van der Waals surface area contributed by atoms with Gasteiger partial charge in [-0.15, -0.1) is 0 Å². The quantitative estimate of drug-likeness (QED) is 0.840. The maximum Gasteiger partial charge on any atom is 0.393 e. The van der Waals surface area contributed by atoms with E-state index in [1.54, 1.807) is 0 Å². The molecule has 1 heterocycles. The van der Waals surface area contributed by atoms with Crippen LogP contribution < -0.4 is 4.90 Å². The van der Waals surface area contributed by atoms with Gasteiger partial charge < -0.3 is 10.0 Å². The summed E-state index contributed by atoms with van der Waals surface area (Å²) in [5.74, 6) is -2.03. The van der Waals surface area contributed by atoms with Crippen molar-refractivity contribution >= 4 is 5.69 Å². The molecule has 0 spiro atoms. The number of anilines is 1. The summed E-state index contributed by atoms with van der Waals surface area (Å²) in [5.41, 5.74) is 0.418. The molecule has 1 aromatic carbocycles. The minimum atomic E-state index is -4.26. The summed E-state index contributed by atoms with van der Waals surface area (Å²) in [6, 6.07) is 4.16. The number of halogens is 4. The van der Waals surface area contributed by atoms with Gasteiger partial charge in [0.05, 0.1) is 18.2 Å². The second-order valence-electron chi connectivity index (χ2n) is 4.73. The van der Waals surface area contributed by atoms with Crippen LogP contribution in [0.5, 0.6) is 0 Å². The van der Waals surface area contributed by atoms with Crippen LogP contribution in [-0.2, 0) is 6.61 Å². The molecule has 1 unspecified atom stereocenters. The van der Waals surface area contributed by atoms with Crippen LogP contribution in [0.15, 0.2) is 18.2 Å². The van der Waals surface area contributed by atoms with Gasteiger partial charge in [-0.3, -0.25) is 0 Å². The van der Waals surface area contributed by atoms with Gasteiger partial charge in [-0.25, -0.2) is 4.39 Å². The highest BCUT2D eigenvalue weighted by Gasteiger charge is 2.42. The number of hydrogen-bond acceptors (Lipinski definition) is 2. The third-order valence-electron chi connectivity index (χ3n) is 3.44. The lowest BCUT2D eigenvalue weighted by Gasteiger charge is -2.36. The summed E-state index contributed by atoms with van der Waals surface area (Å²) in [4.78, 5) is 1.39. The van der Waals surface area contributed by atoms with E-state index in [0.717, 1.165) is 0 Å². The molecule has 1 aliphatic heterocycles. The largest absolute Gasteiger partial charge is 0.393 e. The van der Waals surface area contributed by atoms with Crippen LogP contribution in [0.1, 0.15) is 18.4 Å². The number of benzene rings is 1. The van der Waals surface area contributed by atoms with E-state index >= 15 is 0 Å². The summed E-state index contributed by atoms with van der Waals surface area (Å²) in [7, 11) is 0. The van der Waals surface area contributed by atoms with Crippen LogP contribution in [0.4, 0.5) is 23.2 Å². The fourth-order valence-electron chi connectivity index (χ4n) is 2.49. The number of rotatable bonds is 2. The maximum absolute atomic E-state index is 13.8. The van der Waals surface area contributed by atoms with Gasteiger partial charge in [0, 0.05) is 18.7 Å². The lowest BCUT2D eigenvalue weighted by Crippen LogP contribution is -2.42. The van der Waals surface area contributed by atoms with Crippen molar-refractivity contribution in [3.05, 3.63) is 29.6 Å². The fraction of sp³-hybridized carbons (Fsp3) is 0.538. The average molecular weight is 277 g/mol. The predicted molar refractivity (Wildman–Crippen MR) is 63.3 cm³/mol. The molecule has 1 aromatic rings. The summed E-state index contributed by atoms with van der Waals surface area (Å²) < 4.78 is 52.0. The van der Waals surface area contributed by atoms with Crippen molar-refractivity contribution in [3.63, 3.8) is 0 Å². The Morgan fingerprint density at radius 3 is 2.68 bits per heavy atom. The first kappa shape index (κ1) is 14.1. The number of hydrogen-bond donors (Lipinski definition) is 1. The molecule has 106 valence electrons. The van der Waals surface area contributed by atoms with Gasteiger partial charge in [0.15, 0.2) is 0 Å². The molecule has 6 heteroatoms. The topological polar surface area (TPSA) is 23.5 Å². The van der Waals surface area contributed by atoms with E-state index in [4.69, 9.17) is 0 Å². The van der Waals surface area contributed by atoms with Crippen LogP contribution >= 0.6 is 0 Å². The Labute approximate surface area is 108 Å². The molecule has 1 saturated heterocycles. The Morgan fingerprint density at radius 1 is 1.32 bits per heavy atom. The average Bonchev–Trinajstić information content (AvgIpc) is 2.37. The lowest BCUT2D eigenvalue weighted by molar-refractivity contribution is -0.176. The second kappa shape index (κ2) is 5.36. The summed E-state index contributed by atoms with van der Waals surface area (Å²) in [6.45, 7) is -0.266. The Morgan fingerprint density at radius 2 is 2.05 bits per heavy atom. The Balaban J connectivity index is 2.27. The predicted octanol–water partition coefficient (Wildman–Crippen LogP) is 3.10. The number of aliphatic hydroxyl groups excluding tert-OH is 1. The van der Waals surface area contributed by atoms with Crippen LogP contribution in [0.2, 0.25) is 0 Å². The highest BCUT2D eigenvalue weighted by atomic mass is 19.4. The van der Waals surface area contributed by atoms with E-state index in [2.05, 4.69) is 0 Å². The number of para-hydroxylation sites is 1. The molecule has 1 atom stereocenters. The third-order valence-corrected chi connectivity index (χ3v) is 3.44. The van der Waals surface area contributed by atoms with Crippen LogP contribution in [-0.4, -0.2) is 24.4 Å². The first-order chi connectivity index (χ1) is 8.93. The van der Waals surface area contributed by atoms with E-state index < -0.39 is 17.9 Å². The maximum atomic E-state index is 13.8. The minimum Gasteiger partial charge on any atom is -0.392 e. The van der Waals surface area contributed by atoms with E-state index in [0.29, 0.717) is 18.5 Å². The zero-order valence-corrected chi connectivity index (χ0v) is 10.3. The molecule has 0 amide bonds. The van der Waals surface area contributed by atoms with Crippen molar-refractivity contribution in [2.75, 3.05) is 18.0 Å². The van der Waals surface area contributed by atoms with Crippen LogP contribution in [0.25, 0.3) is 0 Å². The molecular formula is C13H15F4NO. The SMILES string of the molecule is OCc1cccc(F)c1N1CCCC(C(F)(F)F)C1. The van der Waals surface area contributed by atoms with Gasteiger partial charge in [0.25, 0.3) is 0 Å². The Kier molecular flexibility index (Phi) is 3.99. The van der Waals surface area contributed by atoms with Crippen molar-refractivity contribution in [1.82, 2.24) is 0 Å². The molecular weight excluding hydrogens is 262 g/mol. The molecule has 0 bridgehead atoms. The van der Waals surface area contributed by atoms with Crippen molar-refractivity contribution in [2.24, 2.45) is 5.92 Å². The van der Waals surface area contributed by atoms with Gasteiger partial charge in [0.1, 0.15) is 5.82 Å². The van der Waals surface area contributed by atoms with Crippen LogP contribution in [0, 0.1) is 11.7 Å². The van der Waals surface area contributed by atoms with Gasteiger partial charge in [-0.2, -0.15) is 13.2 Å². The first-order valence-corrected chi connectivity index (χ1v) is 6.13. The zero-order chi connectivity index (χ0) is 14.0. The lowest BCUT2D eigenvalue weighted by atomic mass is 9.96. The molecule has 1 fully saturated rings. The molecule has 1 aliphatic rings. The molecule has 2 nitrogen and oxygen atoms in total. The van der Waals surface area contributed by atoms with Gasteiger partial charge in [0.2, 0.25) is 0 Å². The van der Waals surface area contributed by atoms with E-state index in [-0.39, 0.29) is 25.3 Å². The highest BCUT2D eigenvalue weighted by Crippen LogP contribution is 2.36. The van der Waals surface area contributed by atoms with E-state index in [9.17, 15) is 22.7 Å². The Hall–Kier alpha value is -1.30. The molecule has 1 N–H and O–H groups in total. The molecule has 0 aromatic heterocycles. The number of aliphatic hydroxyl groups is 1. The van der Waals surface area contributed by atoms with Crippen LogP contribution in [0.3, 0.4) is 0 Å². The molecule has 19 heavy (non-hydrogen) atoms. The monoisotopic (exact) mass is 277 g/mol. The van der Waals surface area contributed by atoms with Gasteiger partial charge in [-0.05, 0) is 18.9 Å². The second-order valence-corrected chi connectivity index (χ2v) is 4.73. The van der Waals surface area contributed by atoms with Crippen molar-refractivity contribution in [2.45, 2.75) is 25.6 Å². The van der Waals surface area contributed by atoms with Gasteiger partial charge in [-0.1, -0.05) is 12.1 Å². The third kappa shape index (κ3) is 3.00. The van der Waals surface area contributed by atoms with E-state index in [1.807, 2.05) is 0 Å². The molecule has 0 radical (unpaired) electrons. The standard InChI is InChI=1S/C13H15F4NO/c14-11-5-1-3-9(8-19)12(11)18-6-2-4-10(7-18)13(15,16)17/h1,3,5,10,19H,2,4,6-8H2. The van der Waals surface area contributed by atoms with Crippen molar-refractivity contribution in [3.8, 4) is 0 Å². The highest BCUT2D eigenvalue weighted by molar-refractivity contribution is 5.55. The summed E-state index contributed by atoms with van der Waals surface area (Å²) in [5, 5.41) is 9.18. The number of piperidine rings is 1. The molecule has 2 rings (SSSR count). The molecule has 0 aliphatic carbocycles. The van der Waals surface area contributed by atoms with E-state index in [1.165, 1.54) is 23.1 Å². The van der Waals surface area contributed by atoms with Crippen molar-refractivity contribution in [1.29, 1.82) is 0 Å². The fourth-order valence-corrected chi connectivity index (χ4v) is 2.49. The van der Waals surface area contributed by atoms with Gasteiger partial charge >= 0.3 is 6.18 Å². The Bertz CT molecular complexity index is 447. The smallest absolute Gasteiger partial charge is 0.392 e. The summed E-state index contributed by atoms with van der Waals surface area (Å²) in [6.07, 6.45) is -3.82. The van der Waals surface area contributed by atoms with Crippen molar-refractivity contribution < 1.29 is 22.7 Å². The number of alkyl halides is 3. The zero-order valence-electron chi connectivity index (χ0n) is 10.3. The number of nitrogens with zero attached hydrogens (tertiary/aromatic N) is 1. The minimum absolute atomic E-state index is 0.0723. The normalized spacial score (nSPS) is 20.7. The molecule has 0 saturated carbocycles. The summed E-state index contributed by atoms with van der Waals surface area (Å²) >= 11 is 0.